The molecule has 0 atom stereocenters. The smallest absolute Gasteiger partial charge is 0.124 e. The van der Waals surface area contributed by atoms with Gasteiger partial charge in [-0.2, -0.15) is 0 Å². The first-order valence-electron chi connectivity index (χ1n) is 4.19. The van der Waals surface area contributed by atoms with Crippen LogP contribution in [0, 0.1) is 11.9 Å². The summed E-state index contributed by atoms with van der Waals surface area (Å²) in [5, 5.41) is 0. The minimum absolute atomic E-state index is 0.233. The van der Waals surface area contributed by atoms with Crippen molar-refractivity contribution in [2.24, 2.45) is 0 Å². The van der Waals surface area contributed by atoms with Gasteiger partial charge in [-0.1, -0.05) is 46.3 Å². The van der Waals surface area contributed by atoms with Gasteiger partial charge in [-0.25, -0.2) is 4.39 Å². The molecule has 2 aromatic carbocycles. The fourth-order valence-electron chi connectivity index (χ4n) is 1.29. The van der Waals surface area contributed by atoms with E-state index in [4.69, 9.17) is 0 Å². The Balaban J connectivity index is 2.53. The molecule has 0 fully saturated rings. The highest BCUT2D eigenvalue weighted by atomic mass is 79.9. The van der Waals surface area contributed by atoms with E-state index in [-0.39, 0.29) is 5.82 Å². The van der Waals surface area contributed by atoms with Crippen molar-refractivity contribution in [1.29, 1.82) is 0 Å². The van der Waals surface area contributed by atoms with Gasteiger partial charge in [0.25, 0.3) is 0 Å². The summed E-state index contributed by atoms with van der Waals surface area (Å²) in [5.74, 6) is -0.233. The van der Waals surface area contributed by atoms with Crippen molar-refractivity contribution in [3.8, 4) is 11.1 Å². The van der Waals surface area contributed by atoms with E-state index in [1.807, 2.05) is 24.3 Å². The Labute approximate surface area is 90.5 Å². The molecule has 0 saturated carbocycles. The van der Waals surface area contributed by atoms with Crippen molar-refractivity contribution in [2.45, 2.75) is 0 Å². The molecule has 0 aromatic heterocycles. The molecular formula is C12H7BrF. The lowest BCUT2D eigenvalue weighted by molar-refractivity contribution is 0.627. The Bertz CT molecular complexity index is 437. The largest absolute Gasteiger partial charge is 0.207 e. The molecular weight excluding hydrogens is 243 g/mol. The van der Waals surface area contributed by atoms with E-state index in [2.05, 4.69) is 22.0 Å². The molecule has 0 amide bonds. The summed E-state index contributed by atoms with van der Waals surface area (Å²) in [6, 6.07) is 15.2. The Morgan fingerprint density at radius 3 is 2.43 bits per heavy atom. The number of hydrogen-bond acceptors (Lipinski definition) is 0. The highest BCUT2D eigenvalue weighted by Crippen LogP contribution is 2.28. The van der Waals surface area contributed by atoms with E-state index in [0.29, 0.717) is 0 Å². The van der Waals surface area contributed by atoms with Gasteiger partial charge in [0.15, 0.2) is 0 Å². The summed E-state index contributed by atoms with van der Waals surface area (Å²) in [5.41, 5.74) is 2.04. The fraction of sp³-hybridized carbons (Fsp3) is 0. The minimum Gasteiger partial charge on any atom is -0.207 e. The van der Waals surface area contributed by atoms with Crippen LogP contribution in [-0.4, -0.2) is 0 Å². The maximum atomic E-state index is 12.8. The van der Waals surface area contributed by atoms with E-state index in [1.165, 1.54) is 12.1 Å². The minimum atomic E-state index is -0.233. The Kier molecular flexibility index (Phi) is 2.64. The third kappa shape index (κ3) is 1.85. The summed E-state index contributed by atoms with van der Waals surface area (Å²) >= 11 is 3.33. The fourth-order valence-corrected chi connectivity index (χ4v) is 1.87. The summed E-state index contributed by atoms with van der Waals surface area (Å²) in [6.07, 6.45) is 0. The molecule has 14 heavy (non-hydrogen) atoms. The van der Waals surface area contributed by atoms with Crippen LogP contribution in [0.15, 0.2) is 46.9 Å². The van der Waals surface area contributed by atoms with Gasteiger partial charge in [0.1, 0.15) is 5.82 Å². The van der Waals surface area contributed by atoms with Gasteiger partial charge in [0.05, 0.1) is 0 Å². The van der Waals surface area contributed by atoms with Gasteiger partial charge < -0.3 is 0 Å². The molecule has 0 heterocycles. The van der Waals surface area contributed by atoms with Crippen LogP contribution in [0.3, 0.4) is 0 Å². The molecule has 0 saturated heterocycles. The van der Waals surface area contributed by atoms with Crippen LogP contribution >= 0.6 is 15.9 Å². The normalized spacial score (nSPS) is 10.1. The highest BCUT2D eigenvalue weighted by Gasteiger charge is 2.02. The lowest BCUT2D eigenvalue weighted by Crippen LogP contribution is -1.81. The van der Waals surface area contributed by atoms with E-state index in [9.17, 15) is 4.39 Å². The maximum Gasteiger partial charge on any atom is 0.124 e. The second kappa shape index (κ2) is 3.93. The monoisotopic (exact) mass is 249 g/mol. The first-order chi connectivity index (χ1) is 6.77. The molecule has 0 bridgehead atoms. The number of benzene rings is 2. The summed E-state index contributed by atoms with van der Waals surface area (Å²) in [7, 11) is 0. The Morgan fingerprint density at radius 2 is 1.79 bits per heavy atom. The number of hydrogen-bond donors (Lipinski definition) is 0. The standard InChI is InChI=1S/C12H7BrF/c13-12-8-10(14)6-7-11(12)9-4-2-1-3-5-9/h2-8H. The molecule has 1 radical (unpaired) electrons. The SMILES string of the molecule is Fc1ccc(-c2cc[c]cc2)c(Br)c1. The second-order valence-electron chi connectivity index (χ2n) is 2.91. The predicted molar refractivity (Wildman–Crippen MR) is 58.4 cm³/mol. The molecule has 0 nitrogen and oxygen atoms in total. The van der Waals surface area contributed by atoms with Gasteiger partial charge in [0.2, 0.25) is 0 Å². The molecule has 2 rings (SSSR count). The predicted octanol–water partition coefficient (Wildman–Crippen LogP) is 4.06. The quantitative estimate of drug-likeness (QED) is 0.716. The van der Waals surface area contributed by atoms with Gasteiger partial charge in [-0.15, -0.1) is 0 Å². The van der Waals surface area contributed by atoms with Crippen LogP contribution in [0.1, 0.15) is 0 Å². The lowest BCUT2D eigenvalue weighted by atomic mass is 10.1. The molecule has 0 aliphatic heterocycles. The highest BCUT2D eigenvalue weighted by molar-refractivity contribution is 9.10. The van der Waals surface area contributed by atoms with Crippen molar-refractivity contribution in [3.63, 3.8) is 0 Å². The van der Waals surface area contributed by atoms with Gasteiger partial charge in [-0.3, -0.25) is 0 Å². The molecule has 0 aliphatic rings. The second-order valence-corrected chi connectivity index (χ2v) is 3.77. The summed E-state index contributed by atoms with van der Waals surface area (Å²) in [6.45, 7) is 0. The van der Waals surface area contributed by atoms with Crippen LogP contribution < -0.4 is 0 Å². The van der Waals surface area contributed by atoms with E-state index < -0.39 is 0 Å². The van der Waals surface area contributed by atoms with Crippen molar-refractivity contribution in [1.82, 2.24) is 0 Å². The molecule has 0 N–H and O–H groups in total. The first kappa shape index (κ1) is 9.41. The average molecular weight is 250 g/mol. The zero-order valence-corrected chi connectivity index (χ0v) is 8.88. The summed E-state index contributed by atoms with van der Waals surface area (Å²) < 4.78 is 13.6. The third-order valence-electron chi connectivity index (χ3n) is 1.96. The zero-order chi connectivity index (χ0) is 9.97. The van der Waals surface area contributed by atoms with Crippen LogP contribution in [0.5, 0.6) is 0 Å². The lowest BCUT2D eigenvalue weighted by Gasteiger charge is -2.03. The number of rotatable bonds is 1. The van der Waals surface area contributed by atoms with Gasteiger partial charge in [-0.05, 0) is 29.3 Å². The average Bonchev–Trinajstić information content (AvgIpc) is 2.19. The zero-order valence-electron chi connectivity index (χ0n) is 7.30. The molecule has 0 spiro atoms. The van der Waals surface area contributed by atoms with Crippen LogP contribution in [0.4, 0.5) is 4.39 Å². The Hall–Kier alpha value is -1.15. The van der Waals surface area contributed by atoms with Gasteiger partial charge in [0, 0.05) is 4.47 Å². The van der Waals surface area contributed by atoms with E-state index >= 15 is 0 Å². The Morgan fingerprint density at radius 1 is 1.07 bits per heavy atom. The van der Waals surface area contributed by atoms with Crippen molar-refractivity contribution in [3.05, 3.63) is 58.8 Å². The topological polar surface area (TPSA) is 0 Å². The van der Waals surface area contributed by atoms with Crippen molar-refractivity contribution in [2.75, 3.05) is 0 Å². The van der Waals surface area contributed by atoms with E-state index in [0.717, 1.165) is 15.6 Å². The first-order valence-corrected chi connectivity index (χ1v) is 4.98. The summed E-state index contributed by atoms with van der Waals surface area (Å²) in [4.78, 5) is 0. The molecule has 2 aromatic rings. The molecule has 0 unspecified atom stereocenters. The van der Waals surface area contributed by atoms with Crippen molar-refractivity contribution < 1.29 is 4.39 Å². The van der Waals surface area contributed by atoms with E-state index in [1.54, 1.807) is 6.07 Å². The molecule has 2 heteroatoms. The maximum absolute atomic E-state index is 12.8. The molecule has 69 valence electrons. The van der Waals surface area contributed by atoms with Crippen LogP contribution in [-0.2, 0) is 0 Å². The number of halogens is 2. The van der Waals surface area contributed by atoms with Crippen molar-refractivity contribution >= 4 is 15.9 Å². The van der Waals surface area contributed by atoms with Crippen LogP contribution in [0.25, 0.3) is 11.1 Å². The molecule has 0 aliphatic carbocycles. The van der Waals surface area contributed by atoms with Gasteiger partial charge >= 0.3 is 0 Å². The van der Waals surface area contributed by atoms with Crippen LogP contribution in [0.2, 0.25) is 0 Å². The third-order valence-corrected chi connectivity index (χ3v) is 2.62.